The third-order valence-corrected chi connectivity index (χ3v) is 3.52. The Labute approximate surface area is 146 Å². The van der Waals surface area contributed by atoms with Crippen LogP contribution in [0, 0.1) is 0 Å². The predicted octanol–water partition coefficient (Wildman–Crippen LogP) is 4.78. The van der Waals surface area contributed by atoms with E-state index in [9.17, 15) is 4.79 Å². The average Bonchev–Trinajstić information content (AvgIpc) is 2.43. The maximum Gasteiger partial charge on any atom is 0.365 e. The van der Waals surface area contributed by atoms with Crippen LogP contribution < -0.4 is 5.73 Å². The summed E-state index contributed by atoms with van der Waals surface area (Å²) in [5.41, 5.74) is 6.27. The molecule has 2 N–H and O–H groups in total. The lowest BCUT2D eigenvalue weighted by molar-refractivity contribution is 0.0516. The van der Waals surface area contributed by atoms with Crippen LogP contribution in [-0.2, 0) is 4.84 Å². The molecule has 0 amide bonds. The molecule has 0 radical (unpaired) electrons. The second-order valence-electron chi connectivity index (χ2n) is 4.14. The highest BCUT2D eigenvalue weighted by atomic mass is 35.5. The van der Waals surface area contributed by atoms with E-state index in [1.807, 2.05) is 0 Å². The number of nitrogens with zero attached hydrogens (tertiary/aromatic N) is 1. The van der Waals surface area contributed by atoms with E-state index in [1.54, 1.807) is 12.1 Å². The van der Waals surface area contributed by atoms with Crippen molar-refractivity contribution in [1.82, 2.24) is 0 Å². The van der Waals surface area contributed by atoms with Gasteiger partial charge in [0, 0.05) is 20.6 Å². The quantitative estimate of drug-likeness (QED) is 0.362. The number of carbonyl (C=O) groups excluding carboxylic acids is 1. The smallest absolute Gasteiger partial charge is 0.365 e. The molecule has 8 heteroatoms. The summed E-state index contributed by atoms with van der Waals surface area (Å²) >= 11 is 23.4. The number of hydrogen-bond donors (Lipinski definition) is 1. The summed E-state index contributed by atoms with van der Waals surface area (Å²) in [5, 5.41) is 4.90. The summed E-state index contributed by atoms with van der Waals surface area (Å²) in [6.45, 7) is 0. The Morgan fingerprint density at radius 2 is 1.59 bits per heavy atom. The molecule has 0 saturated carbocycles. The van der Waals surface area contributed by atoms with Gasteiger partial charge in [0.2, 0.25) is 0 Å². The molecule has 0 aliphatic rings. The van der Waals surface area contributed by atoms with E-state index < -0.39 is 5.97 Å². The number of halogens is 4. The predicted molar refractivity (Wildman–Crippen MR) is 89.1 cm³/mol. The zero-order valence-corrected chi connectivity index (χ0v) is 13.8. The summed E-state index contributed by atoms with van der Waals surface area (Å²) < 4.78 is 0. The summed E-state index contributed by atoms with van der Waals surface area (Å²) in [7, 11) is 0. The van der Waals surface area contributed by atoms with Crippen molar-refractivity contribution >= 4 is 58.2 Å². The Morgan fingerprint density at radius 1 is 0.955 bits per heavy atom. The zero-order chi connectivity index (χ0) is 16.3. The largest absolute Gasteiger partial charge is 0.380 e. The molecule has 22 heavy (non-hydrogen) atoms. The number of hydrogen-bond acceptors (Lipinski definition) is 3. The van der Waals surface area contributed by atoms with Crippen LogP contribution in [-0.4, -0.2) is 11.8 Å². The fourth-order valence-electron chi connectivity index (χ4n) is 1.56. The van der Waals surface area contributed by atoms with Crippen LogP contribution in [0.15, 0.2) is 41.6 Å². The van der Waals surface area contributed by atoms with Crippen molar-refractivity contribution in [3.05, 3.63) is 67.6 Å². The first-order valence-electron chi connectivity index (χ1n) is 5.83. The van der Waals surface area contributed by atoms with Crippen LogP contribution in [0.2, 0.25) is 20.1 Å². The fourth-order valence-corrected chi connectivity index (χ4v) is 2.59. The fraction of sp³-hybridized carbons (Fsp3) is 0. The van der Waals surface area contributed by atoms with E-state index in [4.69, 9.17) is 57.0 Å². The van der Waals surface area contributed by atoms with E-state index in [0.29, 0.717) is 20.6 Å². The molecule has 0 unspecified atom stereocenters. The molecule has 114 valence electrons. The molecular formula is C14H8Cl4N2O2. The molecule has 0 aliphatic carbocycles. The van der Waals surface area contributed by atoms with Crippen LogP contribution in [0.5, 0.6) is 0 Å². The standard InChI is InChI=1S/C14H8Cl4N2O2/c15-8-1-2-11(12(18)6-8)13(19)20-22-14(21)7-3-9(16)5-10(17)4-7/h1-6H,(H2,19,20). The van der Waals surface area contributed by atoms with E-state index in [-0.39, 0.29) is 16.4 Å². The highest BCUT2D eigenvalue weighted by Crippen LogP contribution is 2.21. The number of nitrogens with two attached hydrogens (primary N) is 1. The van der Waals surface area contributed by atoms with Gasteiger partial charge in [-0.05, 0) is 36.4 Å². The Balaban J connectivity index is 2.18. The van der Waals surface area contributed by atoms with Crippen molar-refractivity contribution in [2.45, 2.75) is 0 Å². The Morgan fingerprint density at radius 3 is 2.18 bits per heavy atom. The first kappa shape index (κ1) is 16.9. The van der Waals surface area contributed by atoms with Crippen LogP contribution in [0.25, 0.3) is 0 Å². The third-order valence-electron chi connectivity index (χ3n) is 2.53. The molecule has 0 atom stereocenters. The number of oxime groups is 1. The normalized spacial score (nSPS) is 11.4. The molecule has 2 aromatic rings. The molecule has 0 spiro atoms. The van der Waals surface area contributed by atoms with Gasteiger partial charge in [-0.1, -0.05) is 51.6 Å². The maximum atomic E-state index is 11.9. The lowest BCUT2D eigenvalue weighted by Gasteiger charge is -2.04. The van der Waals surface area contributed by atoms with Crippen molar-refractivity contribution < 1.29 is 9.63 Å². The highest BCUT2D eigenvalue weighted by molar-refractivity contribution is 6.37. The molecule has 2 aromatic carbocycles. The minimum absolute atomic E-state index is 0.0665. The number of benzene rings is 2. The summed E-state index contributed by atoms with van der Waals surface area (Å²) in [4.78, 5) is 16.6. The van der Waals surface area contributed by atoms with E-state index in [0.717, 1.165) is 0 Å². The van der Waals surface area contributed by atoms with Crippen molar-refractivity contribution in [2.24, 2.45) is 10.9 Å². The Bertz CT molecular complexity index is 742. The van der Waals surface area contributed by atoms with Crippen LogP contribution in [0.3, 0.4) is 0 Å². The van der Waals surface area contributed by atoms with E-state index in [2.05, 4.69) is 5.16 Å². The molecule has 0 heterocycles. The van der Waals surface area contributed by atoms with Crippen LogP contribution in [0.1, 0.15) is 15.9 Å². The number of rotatable bonds is 3. The first-order chi connectivity index (χ1) is 10.4. The van der Waals surface area contributed by atoms with Gasteiger partial charge in [0.1, 0.15) is 0 Å². The van der Waals surface area contributed by atoms with Crippen molar-refractivity contribution in [2.75, 3.05) is 0 Å². The summed E-state index contributed by atoms with van der Waals surface area (Å²) in [6, 6.07) is 8.94. The van der Waals surface area contributed by atoms with Gasteiger partial charge in [-0.3, -0.25) is 0 Å². The van der Waals surface area contributed by atoms with Gasteiger partial charge in [0.15, 0.2) is 5.84 Å². The highest BCUT2D eigenvalue weighted by Gasteiger charge is 2.11. The SMILES string of the molecule is N/C(=N\OC(=O)c1cc(Cl)cc(Cl)c1)c1ccc(Cl)cc1Cl. The molecular weight excluding hydrogens is 370 g/mol. The number of amidine groups is 1. The Kier molecular flexibility index (Phi) is 5.53. The van der Waals surface area contributed by atoms with Crippen LogP contribution in [0.4, 0.5) is 0 Å². The molecule has 0 aliphatic heterocycles. The van der Waals surface area contributed by atoms with E-state index >= 15 is 0 Å². The van der Waals surface area contributed by atoms with Gasteiger partial charge in [0.05, 0.1) is 10.6 Å². The molecule has 0 saturated heterocycles. The zero-order valence-electron chi connectivity index (χ0n) is 10.8. The lowest BCUT2D eigenvalue weighted by atomic mass is 10.2. The second-order valence-corrected chi connectivity index (χ2v) is 5.85. The van der Waals surface area contributed by atoms with Gasteiger partial charge in [-0.15, -0.1) is 0 Å². The minimum Gasteiger partial charge on any atom is -0.380 e. The summed E-state index contributed by atoms with van der Waals surface area (Å²) in [6.07, 6.45) is 0. The Hall–Kier alpha value is -1.46. The third kappa shape index (κ3) is 4.27. The second kappa shape index (κ2) is 7.20. The van der Waals surface area contributed by atoms with Crippen LogP contribution >= 0.6 is 46.4 Å². The minimum atomic E-state index is -0.752. The van der Waals surface area contributed by atoms with E-state index in [1.165, 1.54) is 24.3 Å². The topological polar surface area (TPSA) is 64.7 Å². The maximum absolute atomic E-state index is 11.9. The average molecular weight is 378 g/mol. The van der Waals surface area contributed by atoms with Gasteiger partial charge in [0.25, 0.3) is 0 Å². The first-order valence-corrected chi connectivity index (χ1v) is 7.34. The molecule has 0 fully saturated rings. The summed E-state index contributed by atoms with van der Waals surface area (Å²) in [5.74, 6) is -0.819. The molecule has 0 bridgehead atoms. The van der Waals surface area contributed by atoms with Crippen molar-refractivity contribution in [1.29, 1.82) is 0 Å². The van der Waals surface area contributed by atoms with Crippen molar-refractivity contribution in [3.8, 4) is 0 Å². The lowest BCUT2D eigenvalue weighted by Crippen LogP contribution is -2.15. The molecule has 2 rings (SSSR count). The molecule has 0 aromatic heterocycles. The molecule has 4 nitrogen and oxygen atoms in total. The monoisotopic (exact) mass is 376 g/mol. The number of carbonyl (C=O) groups is 1. The van der Waals surface area contributed by atoms with Gasteiger partial charge < -0.3 is 10.6 Å². The van der Waals surface area contributed by atoms with Crippen molar-refractivity contribution in [3.63, 3.8) is 0 Å². The van der Waals surface area contributed by atoms with Gasteiger partial charge in [-0.25, -0.2) is 4.79 Å². The van der Waals surface area contributed by atoms with Gasteiger partial charge >= 0.3 is 5.97 Å². The van der Waals surface area contributed by atoms with Gasteiger partial charge in [-0.2, -0.15) is 0 Å².